The summed E-state index contributed by atoms with van der Waals surface area (Å²) in [5.41, 5.74) is 7.92. The van der Waals surface area contributed by atoms with Crippen LogP contribution >= 0.6 is 11.3 Å². The second kappa shape index (κ2) is 4.97. The number of anilines is 1. The van der Waals surface area contributed by atoms with Gasteiger partial charge in [0, 0.05) is 11.3 Å². The average molecular weight is 287 g/mol. The van der Waals surface area contributed by atoms with Crippen LogP contribution in [0.5, 0.6) is 0 Å². The summed E-state index contributed by atoms with van der Waals surface area (Å²) in [6.07, 6.45) is 0.610. The quantitative estimate of drug-likeness (QED) is 0.722. The SMILES string of the molecule is Nc1cccc2c1nc(Cc1cccs1)n2CC(=O)O. The highest BCUT2D eigenvalue weighted by Crippen LogP contribution is 2.24. The van der Waals surface area contributed by atoms with Crippen LogP contribution in [0, 0.1) is 0 Å². The molecule has 3 aromatic rings. The van der Waals surface area contributed by atoms with Crippen molar-refractivity contribution < 1.29 is 9.90 Å². The van der Waals surface area contributed by atoms with Gasteiger partial charge in [0.05, 0.1) is 11.2 Å². The maximum absolute atomic E-state index is 11.1. The Morgan fingerprint density at radius 1 is 1.35 bits per heavy atom. The zero-order chi connectivity index (χ0) is 14.1. The van der Waals surface area contributed by atoms with Crippen molar-refractivity contribution in [3.8, 4) is 0 Å². The zero-order valence-electron chi connectivity index (χ0n) is 10.6. The van der Waals surface area contributed by atoms with E-state index in [0.717, 1.165) is 16.2 Å². The van der Waals surface area contributed by atoms with E-state index in [0.29, 0.717) is 17.6 Å². The molecule has 6 heteroatoms. The van der Waals surface area contributed by atoms with Crippen LogP contribution in [0.2, 0.25) is 0 Å². The first kappa shape index (κ1) is 12.7. The van der Waals surface area contributed by atoms with E-state index in [1.807, 2.05) is 29.6 Å². The second-order valence-corrected chi connectivity index (χ2v) is 5.51. The van der Waals surface area contributed by atoms with E-state index < -0.39 is 5.97 Å². The number of rotatable bonds is 4. The van der Waals surface area contributed by atoms with E-state index in [1.165, 1.54) is 0 Å². The molecule has 20 heavy (non-hydrogen) atoms. The molecule has 0 saturated heterocycles. The third-order valence-electron chi connectivity index (χ3n) is 3.09. The van der Waals surface area contributed by atoms with Gasteiger partial charge in [0.1, 0.15) is 17.9 Å². The minimum atomic E-state index is -0.890. The van der Waals surface area contributed by atoms with Crippen LogP contribution in [0.25, 0.3) is 11.0 Å². The van der Waals surface area contributed by atoms with Crippen LogP contribution in [0.4, 0.5) is 5.69 Å². The van der Waals surface area contributed by atoms with E-state index in [9.17, 15) is 4.79 Å². The average Bonchev–Trinajstić information content (AvgIpc) is 3.00. The number of carboxylic acid groups (broad SMARTS) is 1. The molecule has 5 nitrogen and oxygen atoms in total. The fourth-order valence-corrected chi connectivity index (χ4v) is 2.93. The van der Waals surface area contributed by atoms with E-state index in [-0.39, 0.29) is 6.54 Å². The molecule has 3 N–H and O–H groups in total. The maximum Gasteiger partial charge on any atom is 0.323 e. The first-order valence-electron chi connectivity index (χ1n) is 6.13. The lowest BCUT2D eigenvalue weighted by Gasteiger charge is -2.05. The number of aliphatic carboxylic acids is 1. The standard InChI is InChI=1S/C14H13N3O2S/c15-10-4-1-5-11-14(10)16-12(17(11)8-13(18)19)7-9-3-2-6-20-9/h1-6H,7-8,15H2,(H,18,19). The lowest BCUT2D eigenvalue weighted by molar-refractivity contribution is -0.137. The van der Waals surface area contributed by atoms with Crippen molar-refractivity contribution in [2.75, 3.05) is 5.73 Å². The van der Waals surface area contributed by atoms with Crippen molar-refractivity contribution in [3.05, 3.63) is 46.4 Å². The second-order valence-electron chi connectivity index (χ2n) is 4.48. The highest BCUT2D eigenvalue weighted by atomic mass is 32.1. The predicted octanol–water partition coefficient (Wildman–Crippen LogP) is 2.36. The van der Waals surface area contributed by atoms with Crippen LogP contribution in [0.15, 0.2) is 35.7 Å². The Bertz CT molecular complexity index is 762. The summed E-state index contributed by atoms with van der Waals surface area (Å²) in [6.45, 7) is -0.110. The molecule has 0 radical (unpaired) electrons. The van der Waals surface area contributed by atoms with Crippen LogP contribution in [-0.2, 0) is 17.8 Å². The number of nitrogens with zero attached hydrogens (tertiary/aromatic N) is 2. The molecule has 0 atom stereocenters. The summed E-state index contributed by atoms with van der Waals surface area (Å²) in [5.74, 6) is -0.165. The van der Waals surface area contributed by atoms with Gasteiger partial charge in [0.25, 0.3) is 0 Å². The molecular weight excluding hydrogens is 274 g/mol. The number of carboxylic acids is 1. The lowest BCUT2D eigenvalue weighted by atomic mass is 10.3. The van der Waals surface area contributed by atoms with Crippen LogP contribution in [0.1, 0.15) is 10.7 Å². The molecule has 2 heterocycles. The van der Waals surface area contributed by atoms with Crippen molar-refractivity contribution in [2.45, 2.75) is 13.0 Å². The van der Waals surface area contributed by atoms with Gasteiger partial charge < -0.3 is 15.4 Å². The lowest BCUT2D eigenvalue weighted by Crippen LogP contribution is -2.12. The minimum absolute atomic E-state index is 0.110. The van der Waals surface area contributed by atoms with Gasteiger partial charge in [-0.3, -0.25) is 4.79 Å². The zero-order valence-corrected chi connectivity index (χ0v) is 11.4. The number of hydrogen-bond donors (Lipinski definition) is 2. The number of fused-ring (bicyclic) bond motifs is 1. The molecule has 0 amide bonds. The molecule has 0 aliphatic carbocycles. The normalized spacial score (nSPS) is 11.0. The van der Waals surface area contributed by atoms with Crippen molar-refractivity contribution in [3.63, 3.8) is 0 Å². The van der Waals surface area contributed by atoms with Gasteiger partial charge in [-0.1, -0.05) is 12.1 Å². The van der Waals surface area contributed by atoms with Gasteiger partial charge in [-0.05, 0) is 23.6 Å². The predicted molar refractivity (Wildman–Crippen MR) is 78.9 cm³/mol. The molecule has 0 aliphatic rings. The molecule has 0 saturated carbocycles. The number of para-hydroxylation sites is 1. The van der Waals surface area contributed by atoms with E-state index in [4.69, 9.17) is 10.8 Å². The van der Waals surface area contributed by atoms with E-state index in [1.54, 1.807) is 22.0 Å². The number of hydrogen-bond acceptors (Lipinski definition) is 4. The molecule has 3 rings (SSSR count). The molecule has 0 aliphatic heterocycles. The minimum Gasteiger partial charge on any atom is -0.480 e. The van der Waals surface area contributed by atoms with Crippen molar-refractivity contribution in [2.24, 2.45) is 0 Å². The molecule has 102 valence electrons. The third kappa shape index (κ3) is 2.25. The van der Waals surface area contributed by atoms with Crippen LogP contribution in [-0.4, -0.2) is 20.6 Å². The van der Waals surface area contributed by atoms with E-state index in [2.05, 4.69) is 4.98 Å². The maximum atomic E-state index is 11.1. The molecule has 0 unspecified atom stereocenters. The Kier molecular flexibility index (Phi) is 3.15. The largest absolute Gasteiger partial charge is 0.480 e. The summed E-state index contributed by atoms with van der Waals surface area (Å²) in [4.78, 5) is 16.7. The third-order valence-corrected chi connectivity index (χ3v) is 3.97. The van der Waals surface area contributed by atoms with Crippen molar-refractivity contribution in [1.29, 1.82) is 0 Å². The number of carbonyl (C=O) groups is 1. The topological polar surface area (TPSA) is 81.1 Å². The number of imidazole rings is 1. The number of aromatic nitrogens is 2. The highest BCUT2D eigenvalue weighted by Gasteiger charge is 2.15. The Hall–Kier alpha value is -2.34. The number of thiophene rings is 1. The summed E-state index contributed by atoms with van der Waals surface area (Å²) in [7, 11) is 0. The Morgan fingerprint density at radius 2 is 2.20 bits per heavy atom. The fraction of sp³-hybridized carbons (Fsp3) is 0.143. The monoisotopic (exact) mass is 287 g/mol. The summed E-state index contributed by atoms with van der Waals surface area (Å²) < 4.78 is 1.72. The molecule has 0 spiro atoms. The fourth-order valence-electron chi connectivity index (χ4n) is 2.23. The summed E-state index contributed by atoms with van der Waals surface area (Å²) >= 11 is 1.63. The van der Waals surface area contributed by atoms with Crippen LogP contribution in [0.3, 0.4) is 0 Å². The van der Waals surface area contributed by atoms with Crippen molar-refractivity contribution >= 4 is 34.0 Å². The molecule has 2 aromatic heterocycles. The van der Waals surface area contributed by atoms with Gasteiger partial charge in [0.15, 0.2) is 0 Å². The molecular formula is C14H13N3O2S. The first-order chi connectivity index (χ1) is 9.65. The molecule has 0 bridgehead atoms. The highest BCUT2D eigenvalue weighted by molar-refractivity contribution is 7.09. The van der Waals surface area contributed by atoms with Crippen LogP contribution < -0.4 is 5.73 Å². The van der Waals surface area contributed by atoms with Gasteiger partial charge in [-0.25, -0.2) is 4.98 Å². The summed E-state index contributed by atoms with van der Waals surface area (Å²) in [5, 5.41) is 11.1. The van der Waals surface area contributed by atoms with Gasteiger partial charge in [-0.2, -0.15) is 0 Å². The molecule has 1 aromatic carbocycles. The van der Waals surface area contributed by atoms with Crippen molar-refractivity contribution in [1.82, 2.24) is 9.55 Å². The van der Waals surface area contributed by atoms with E-state index >= 15 is 0 Å². The molecule has 0 fully saturated rings. The Morgan fingerprint density at radius 3 is 2.90 bits per heavy atom. The number of benzene rings is 1. The Balaban J connectivity index is 2.13. The van der Waals surface area contributed by atoms with Gasteiger partial charge in [-0.15, -0.1) is 11.3 Å². The smallest absolute Gasteiger partial charge is 0.323 e. The van der Waals surface area contributed by atoms with Gasteiger partial charge in [0.2, 0.25) is 0 Å². The summed E-state index contributed by atoms with van der Waals surface area (Å²) in [6, 6.07) is 9.42. The van der Waals surface area contributed by atoms with Gasteiger partial charge >= 0.3 is 5.97 Å². The number of nitrogen functional groups attached to an aromatic ring is 1. The first-order valence-corrected chi connectivity index (χ1v) is 7.01. The Labute approximate surface area is 119 Å². The number of nitrogens with two attached hydrogens (primary N) is 1.